The maximum Gasteiger partial charge on any atom is 0.339 e. The Morgan fingerprint density at radius 3 is 2.63 bits per heavy atom. The van der Waals surface area contributed by atoms with Crippen molar-refractivity contribution < 1.29 is 19.1 Å². The summed E-state index contributed by atoms with van der Waals surface area (Å²) in [6, 6.07) is 6.25. The van der Waals surface area contributed by atoms with Crippen molar-refractivity contribution in [3.8, 4) is 0 Å². The number of urea groups is 1. The predicted octanol–water partition coefficient (Wildman–Crippen LogP) is 3.52. The van der Waals surface area contributed by atoms with Crippen molar-refractivity contribution in [1.82, 2.24) is 5.32 Å². The van der Waals surface area contributed by atoms with E-state index in [1.54, 1.807) is 30.3 Å². The first kappa shape index (κ1) is 20.6. The molecular weight excluding hydrogens is 346 g/mol. The van der Waals surface area contributed by atoms with Crippen LogP contribution in [-0.2, 0) is 9.53 Å². The number of isocyanates is 1. The lowest BCUT2D eigenvalue weighted by Gasteiger charge is -2.46. The average Bonchev–Trinajstić information content (AvgIpc) is 2.58. The minimum Gasteiger partial charge on any atom is -0.465 e. The Kier molecular flexibility index (Phi) is 6.39. The van der Waals surface area contributed by atoms with Gasteiger partial charge in [-0.25, -0.2) is 19.4 Å². The summed E-state index contributed by atoms with van der Waals surface area (Å²) in [5.41, 5.74) is 0.517. The number of nitrogens with one attached hydrogen (secondary N) is 2. The highest BCUT2D eigenvalue weighted by Crippen LogP contribution is 2.46. The number of amides is 2. The van der Waals surface area contributed by atoms with E-state index in [0.29, 0.717) is 24.2 Å². The van der Waals surface area contributed by atoms with Crippen molar-refractivity contribution >= 4 is 23.8 Å². The van der Waals surface area contributed by atoms with E-state index in [-0.39, 0.29) is 22.9 Å². The highest BCUT2D eigenvalue weighted by molar-refractivity contribution is 6.00. The van der Waals surface area contributed by atoms with E-state index in [9.17, 15) is 14.4 Å². The third kappa shape index (κ3) is 5.66. The second kappa shape index (κ2) is 8.35. The standard InChI is InChI=1S/C20H27N3O4/c1-19(2)9-14(10-20(3,11-19)12-21-13-24)22-18(26)23-16-8-6-5-7-15(16)17(25)27-4/h5-8,14H,9-12H2,1-4H3,(H2,22,23,26). The number of nitrogens with zero attached hydrogens (tertiary/aromatic N) is 1. The molecule has 1 aliphatic rings. The summed E-state index contributed by atoms with van der Waals surface area (Å²) in [4.78, 5) is 38.6. The van der Waals surface area contributed by atoms with Crippen molar-refractivity contribution in [2.24, 2.45) is 15.8 Å². The molecule has 0 bridgehead atoms. The number of para-hydroxylation sites is 1. The molecule has 0 spiro atoms. The fourth-order valence-electron chi connectivity index (χ4n) is 4.30. The summed E-state index contributed by atoms with van der Waals surface area (Å²) in [6.07, 6.45) is 4.06. The van der Waals surface area contributed by atoms with E-state index >= 15 is 0 Å². The zero-order valence-corrected chi connectivity index (χ0v) is 16.3. The minimum absolute atomic E-state index is 0.00722. The van der Waals surface area contributed by atoms with Crippen LogP contribution in [-0.4, -0.2) is 37.8 Å². The number of carbonyl (C=O) groups is 2. The van der Waals surface area contributed by atoms with Crippen molar-refractivity contribution in [3.63, 3.8) is 0 Å². The normalized spacial score (nSPS) is 23.6. The maximum absolute atomic E-state index is 12.5. The molecule has 146 valence electrons. The molecule has 1 aliphatic carbocycles. The van der Waals surface area contributed by atoms with Gasteiger partial charge in [-0.05, 0) is 42.2 Å². The molecule has 2 amide bonds. The highest BCUT2D eigenvalue weighted by Gasteiger charge is 2.41. The summed E-state index contributed by atoms with van der Waals surface area (Å²) in [7, 11) is 1.30. The zero-order valence-electron chi connectivity index (χ0n) is 16.3. The number of aliphatic imine (C=N–C) groups is 1. The van der Waals surface area contributed by atoms with E-state index < -0.39 is 5.97 Å². The molecule has 27 heavy (non-hydrogen) atoms. The second-order valence-corrected chi connectivity index (χ2v) is 8.30. The summed E-state index contributed by atoms with van der Waals surface area (Å²) in [5, 5.41) is 5.73. The minimum atomic E-state index is -0.510. The molecule has 0 saturated heterocycles. The van der Waals surface area contributed by atoms with Gasteiger partial charge in [-0.3, -0.25) is 0 Å². The number of esters is 1. The van der Waals surface area contributed by atoms with Gasteiger partial charge in [0.15, 0.2) is 0 Å². The number of rotatable bonds is 5. The van der Waals surface area contributed by atoms with E-state index in [2.05, 4.69) is 36.4 Å². The van der Waals surface area contributed by atoms with Crippen molar-refractivity contribution in [2.75, 3.05) is 19.0 Å². The first-order chi connectivity index (χ1) is 12.7. The van der Waals surface area contributed by atoms with Crippen LogP contribution in [0.2, 0.25) is 0 Å². The first-order valence-corrected chi connectivity index (χ1v) is 8.96. The third-order valence-electron chi connectivity index (χ3n) is 4.88. The van der Waals surface area contributed by atoms with E-state index in [0.717, 1.165) is 12.8 Å². The third-order valence-corrected chi connectivity index (χ3v) is 4.88. The van der Waals surface area contributed by atoms with Gasteiger partial charge in [-0.15, -0.1) is 0 Å². The molecule has 0 heterocycles. The van der Waals surface area contributed by atoms with Crippen molar-refractivity contribution in [3.05, 3.63) is 29.8 Å². The predicted molar refractivity (Wildman–Crippen MR) is 102 cm³/mol. The van der Waals surface area contributed by atoms with Crippen LogP contribution in [0.5, 0.6) is 0 Å². The average molecular weight is 373 g/mol. The topological polar surface area (TPSA) is 96.9 Å². The van der Waals surface area contributed by atoms with Gasteiger partial charge in [-0.2, -0.15) is 0 Å². The molecule has 0 radical (unpaired) electrons. The largest absolute Gasteiger partial charge is 0.465 e. The lowest BCUT2D eigenvalue weighted by molar-refractivity contribution is 0.0602. The quantitative estimate of drug-likeness (QED) is 0.469. The SMILES string of the molecule is COC(=O)c1ccccc1NC(=O)NC1CC(C)(C)CC(C)(CN=C=O)C1. The van der Waals surface area contributed by atoms with E-state index in [1.807, 2.05) is 0 Å². The lowest BCUT2D eigenvalue weighted by atomic mass is 9.62. The molecule has 7 nitrogen and oxygen atoms in total. The fourth-order valence-corrected chi connectivity index (χ4v) is 4.30. The molecule has 1 aromatic carbocycles. The molecule has 1 aromatic rings. The van der Waals surface area contributed by atoms with Crippen LogP contribution in [0, 0.1) is 10.8 Å². The van der Waals surface area contributed by atoms with Gasteiger partial charge in [0, 0.05) is 6.04 Å². The fraction of sp³-hybridized carbons (Fsp3) is 0.550. The Morgan fingerprint density at radius 2 is 1.96 bits per heavy atom. The summed E-state index contributed by atoms with van der Waals surface area (Å²) >= 11 is 0. The number of ether oxygens (including phenoxy) is 1. The van der Waals surface area contributed by atoms with Gasteiger partial charge in [0.2, 0.25) is 6.08 Å². The van der Waals surface area contributed by atoms with Crippen LogP contribution in [0.25, 0.3) is 0 Å². The monoisotopic (exact) mass is 373 g/mol. The van der Waals surface area contributed by atoms with Crippen LogP contribution in [0.3, 0.4) is 0 Å². The van der Waals surface area contributed by atoms with E-state index in [4.69, 9.17) is 4.74 Å². The number of benzene rings is 1. The van der Waals surface area contributed by atoms with Crippen LogP contribution < -0.4 is 10.6 Å². The Bertz CT molecular complexity index is 755. The molecule has 2 unspecified atom stereocenters. The number of anilines is 1. The Hall–Kier alpha value is -2.66. The van der Waals surface area contributed by atoms with Crippen LogP contribution in [0.15, 0.2) is 29.3 Å². The van der Waals surface area contributed by atoms with Crippen molar-refractivity contribution in [1.29, 1.82) is 0 Å². The van der Waals surface area contributed by atoms with Gasteiger partial charge >= 0.3 is 12.0 Å². The number of hydrogen-bond acceptors (Lipinski definition) is 5. The van der Waals surface area contributed by atoms with Crippen LogP contribution >= 0.6 is 0 Å². The molecule has 2 rings (SSSR count). The van der Waals surface area contributed by atoms with Gasteiger partial charge < -0.3 is 15.4 Å². The summed E-state index contributed by atoms with van der Waals surface area (Å²) in [5.74, 6) is -0.510. The van der Waals surface area contributed by atoms with Gasteiger partial charge in [0.25, 0.3) is 0 Å². The second-order valence-electron chi connectivity index (χ2n) is 8.30. The molecule has 1 saturated carbocycles. The molecule has 2 N–H and O–H groups in total. The summed E-state index contributed by atoms with van der Waals surface area (Å²) < 4.78 is 4.75. The number of carbonyl (C=O) groups excluding carboxylic acids is 3. The molecule has 0 aliphatic heterocycles. The highest BCUT2D eigenvalue weighted by atomic mass is 16.5. The Labute approximate surface area is 159 Å². The lowest BCUT2D eigenvalue weighted by Crippen LogP contribution is -2.49. The Balaban J connectivity index is 2.09. The number of methoxy groups -OCH3 is 1. The number of hydrogen-bond donors (Lipinski definition) is 2. The van der Waals surface area contributed by atoms with E-state index in [1.165, 1.54) is 7.11 Å². The molecular formula is C20H27N3O4. The maximum atomic E-state index is 12.5. The zero-order chi connectivity index (χ0) is 20.1. The molecule has 2 atom stereocenters. The first-order valence-electron chi connectivity index (χ1n) is 8.96. The molecule has 1 fully saturated rings. The van der Waals surface area contributed by atoms with Gasteiger partial charge in [-0.1, -0.05) is 32.9 Å². The molecule has 7 heteroatoms. The van der Waals surface area contributed by atoms with Crippen LogP contribution in [0.4, 0.5) is 10.5 Å². The summed E-state index contributed by atoms with van der Waals surface area (Å²) in [6.45, 7) is 6.77. The van der Waals surface area contributed by atoms with Gasteiger partial charge in [0.05, 0.1) is 24.9 Å². The van der Waals surface area contributed by atoms with Gasteiger partial charge in [0.1, 0.15) is 0 Å². The van der Waals surface area contributed by atoms with Crippen molar-refractivity contribution in [2.45, 2.75) is 46.1 Å². The molecule has 0 aromatic heterocycles. The Morgan fingerprint density at radius 1 is 1.26 bits per heavy atom. The van der Waals surface area contributed by atoms with Crippen LogP contribution in [0.1, 0.15) is 50.4 Å². The smallest absolute Gasteiger partial charge is 0.339 e.